The number of nitrogens with one attached hydrogen (secondary N) is 1. The summed E-state index contributed by atoms with van der Waals surface area (Å²) in [6.07, 6.45) is 1.81. The summed E-state index contributed by atoms with van der Waals surface area (Å²) in [5, 5.41) is 10.5. The summed E-state index contributed by atoms with van der Waals surface area (Å²) in [7, 11) is 1.81. The average Bonchev–Trinajstić information content (AvgIpc) is 2.75. The lowest BCUT2D eigenvalue weighted by atomic mass is 10.4. The number of amides is 1. The normalized spacial score (nSPS) is 10.3. The molecule has 0 aromatic carbocycles. The minimum Gasteiger partial charge on any atom is -0.345 e. The topological polar surface area (TPSA) is 59.8 Å². The molecule has 2 aromatic rings. The lowest BCUT2D eigenvalue weighted by molar-refractivity contribution is 0.101. The van der Waals surface area contributed by atoms with Crippen molar-refractivity contribution in [1.29, 1.82) is 0 Å². The van der Waals surface area contributed by atoms with Gasteiger partial charge in [0.1, 0.15) is 11.2 Å². The highest BCUT2D eigenvalue weighted by molar-refractivity contribution is 9.10. The highest BCUT2D eigenvalue weighted by Crippen LogP contribution is 2.16. The number of carbonyl (C=O) groups excluding carboxylic acids is 1. The number of halogens is 1. The Labute approximate surface area is 98.3 Å². The van der Waals surface area contributed by atoms with Crippen molar-refractivity contribution in [2.45, 2.75) is 0 Å². The van der Waals surface area contributed by atoms with E-state index >= 15 is 0 Å². The van der Waals surface area contributed by atoms with Crippen LogP contribution in [0.1, 0.15) is 10.5 Å². The van der Waals surface area contributed by atoms with Gasteiger partial charge in [0, 0.05) is 17.7 Å². The third kappa shape index (κ3) is 2.24. The summed E-state index contributed by atoms with van der Waals surface area (Å²) in [6, 6.07) is 1.75. The van der Waals surface area contributed by atoms with Gasteiger partial charge in [0.05, 0.1) is 0 Å². The van der Waals surface area contributed by atoms with E-state index in [4.69, 9.17) is 0 Å². The van der Waals surface area contributed by atoms with E-state index in [1.165, 1.54) is 11.3 Å². The quantitative estimate of drug-likeness (QED) is 0.917. The molecule has 7 heteroatoms. The van der Waals surface area contributed by atoms with Gasteiger partial charge in [-0.1, -0.05) is 11.3 Å². The fourth-order valence-electron chi connectivity index (χ4n) is 1.14. The monoisotopic (exact) mass is 286 g/mol. The maximum Gasteiger partial charge on any atom is 0.274 e. The Kier molecular flexibility index (Phi) is 2.83. The van der Waals surface area contributed by atoms with Crippen LogP contribution in [-0.2, 0) is 7.05 Å². The molecule has 0 spiro atoms. The lowest BCUT2D eigenvalue weighted by Crippen LogP contribution is -2.15. The van der Waals surface area contributed by atoms with E-state index in [1.54, 1.807) is 23.2 Å². The van der Waals surface area contributed by atoms with E-state index in [0.29, 0.717) is 10.8 Å². The summed E-state index contributed by atoms with van der Waals surface area (Å²) < 4.78 is 2.60. The molecule has 1 amide bonds. The zero-order valence-corrected chi connectivity index (χ0v) is 10.2. The first-order valence-electron chi connectivity index (χ1n) is 4.06. The maximum atomic E-state index is 11.7. The first kappa shape index (κ1) is 10.3. The average molecular weight is 287 g/mol. The van der Waals surface area contributed by atoms with Crippen LogP contribution < -0.4 is 5.32 Å². The van der Waals surface area contributed by atoms with Crippen molar-refractivity contribution < 1.29 is 4.79 Å². The predicted molar refractivity (Wildman–Crippen MR) is 61.0 cm³/mol. The van der Waals surface area contributed by atoms with Gasteiger partial charge in [-0.25, -0.2) is 0 Å². The molecule has 0 radical (unpaired) electrons. The third-order valence-electron chi connectivity index (χ3n) is 1.78. The third-order valence-corrected chi connectivity index (χ3v) is 2.83. The fraction of sp³-hybridized carbons (Fsp3) is 0.125. The molecule has 0 unspecified atom stereocenters. The van der Waals surface area contributed by atoms with Gasteiger partial charge in [-0.3, -0.25) is 10.1 Å². The van der Waals surface area contributed by atoms with Gasteiger partial charge < -0.3 is 4.57 Å². The summed E-state index contributed by atoms with van der Waals surface area (Å²) in [4.78, 5) is 11.7. The van der Waals surface area contributed by atoms with Gasteiger partial charge in [0.15, 0.2) is 0 Å². The second-order valence-corrected chi connectivity index (χ2v) is 4.60. The van der Waals surface area contributed by atoms with Crippen molar-refractivity contribution in [3.8, 4) is 0 Å². The summed E-state index contributed by atoms with van der Waals surface area (Å²) >= 11 is 4.59. The smallest absolute Gasteiger partial charge is 0.274 e. The van der Waals surface area contributed by atoms with E-state index < -0.39 is 0 Å². The van der Waals surface area contributed by atoms with Crippen LogP contribution in [0.4, 0.5) is 5.13 Å². The van der Waals surface area contributed by atoms with Crippen LogP contribution in [0.3, 0.4) is 0 Å². The van der Waals surface area contributed by atoms with Gasteiger partial charge in [-0.2, -0.15) is 0 Å². The second-order valence-electron chi connectivity index (χ2n) is 2.85. The van der Waals surface area contributed by atoms with Crippen LogP contribution in [0.15, 0.2) is 22.2 Å². The Morgan fingerprint density at radius 3 is 3.00 bits per heavy atom. The SMILES string of the molecule is Cn1cc(Br)cc1C(=O)Nc1nncs1. The van der Waals surface area contributed by atoms with E-state index in [9.17, 15) is 4.79 Å². The molecule has 2 heterocycles. The number of anilines is 1. The standard InChI is InChI=1S/C8H7BrN4OS/c1-13-3-5(9)2-6(13)7(14)11-8-12-10-4-15-8/h2-4H,1H3,(H,11,12,14). The number of aryl methyl sites for hydroxylation is 1. The Morgan fingerprint density at radius 2 is 2.47 bits per heavy atom. The van der Waals surface area contributed by atoms with Crippen LogP contribution in [0, 0.1) is 0 Å². The molecular weight excluding hydrogens is 280 g/mol. The van der Waals surface area contributed by atoms with Crippen molar-refractivity contribution >= 4 is 38.3 Å². The Bertz CT molecular complexity index is 479. The number of aromatic nitrogens is 3. The van der Waals surface area contributed by atoms with E-state index in [1.807, 2.05) is 6.20 Å². The van der Waals surface area contributed by atoms with Crippen LogP contribution in [0.5, 0.6) is 0 Å². The molecule has 0 aliphatic carbocycles. The van der Waals surface area contributed by atoms with Gasteiger partial charge in [0.25, 0.3) is 5.91 Å². The summed E-state index contributed by atoms with van der Waals surface area (Å²) in [6.45, 7) is 0. The van der Waals surface area contributed by atoms with Crippen LogP contribution >= 0.6 is 27.3 Å². The van der Waals surface area contributed by atoms with Gasteiger partial charge in [0.2, 0.25) is 5.13 Å². The molecule has 0 saturated carbocycles. The van der Waals surface area contributed by atoms with Crippen molar-refractivity contribution in [3.63, 3.8) is 0 Å². The molecule has 0 saturated heterocycles. The summed E-state index contributed by atoms with van der Waals surface area (Å²) in [5.41, 5.74) is 2.13. The Hall–Kier alpha value is -1.21. The molecule has 0 aliphatic rings. The molecule has 0 bridgehead atoms. The highest BCUT2D eigenvalue weighted by Gasteiger charge is 2.12. The number of hydrogen-bond donors (Lipinski definition) is 1. The minimum absolute atomic E-state index is 0.194. The first-order chi connectivity index (χ1) is 7.16. The molecule has 0 aliphatic heterocycles. The lowest BCUT2D eigenvalue weighted by Gasteiger charge is -2.01. The fourth-order valence-corrected chi connectivity index (χ4v) is 2.10. The molecule has 2 aromatic heterocycles. The van der Waals surface area contributed by atoms with Gasteiger partial charge in [-0.05, 0) is 22.0 Å². The molecule has 15 heavy (non-hydrogen) atoms. The zero-order valence-electron chi connectivity index (χ0n) is 7.77. The summed E-state index contributed by atoms with van der Waals surface area (Å²) in [5.74, 6) is -0.194. The second kappa shape index (κ2) is 4.11. The molecule has 78 valence electrons. The molecule has 1 N–H and O–H groups in total. The van der Waals surface area contributed by atoms with Gasteiger partial charge in [-0.15, -0.1) is 10.2 Å². The number of carbonyl (C=O) groups is 1. The van der Waals surface area contributed by atoms with Crippen molar-refractivity contribution in [3.05, 3.63) is 27.9 Å². The van der Waals surface area contributed by atoms with E-state index in [2.05, 4.69) is 31.4 Å². The van der Waals surface area contributed by atoms with Crippen molar-refractivity contribution in [1.82, 2.24) is 14.8 Å². The number of nitrogens with zero attached hydrogens (tertiary/aromatic N) is 3. The molecular formula is C8H7BrN4OS. The first-order valence-corrected chi connectivity index (χ1v) is 5.73. The van der Waals surface area contributed by atoms with Crippen LogP contribution in [0.25, 0.3) is 0 Å². The minimum atomic E-state index is -0.194. The Morgan fingerprint density at radius 1 is 1.67 bits per heavy atom. The Balaban J connectivity index is 2.18. The zero-order chi connectivity index (χ0) is 10.8. The highest BCUT2D eigenvalue weighted by atomic mass is 79.9. The predicted octanol–water partition coefficient (Wildman–Crippen LogP) is 1.89. The van der Waals surface area contributed by atoms with Crippen LogP contribution in [0.2, 0.25) is 0 Å². The largest absolute Gasteiger partial charge is 0.345 e. The van der Waals surface area contributed by atoms with Gasteiger partial charge >= 0.3 is 0 Å². The maximum absolute atomic E-state index is 11.7. The number of rotatable bonds is 2. The number of hydrogen-bond acceptors (Lipinski definition) is 4. The molecule has 5 nitrogen and oxygen atoms in total. The van der Waals surface area contributed by atoms with Crippen molar-refractivity contribution in [2.75, 3.05) is 5.32 Å². The van der Waals surface area contributed by atoms with Crippen LogP contribution in [-0.4, -0.2) is 20.7 Å². The molecule has 0 fully saturated rings. The van der Waals surface area contributed by atoms with Crippen molar-refractivity contribution in [2.24, 2.45) is 7.05 Å². The van der Waals surface area contributed by atoms with E-state index in [-0.39, 0.29) is 5.91 Å². The molecule has 2 rings (SSSR count). The molecule has 0 atom stereocenters. The van der Waals surface area contributed by atoms with E-state index in [0.717, 1.165) is 4.47 Å².